The Labute approximate surface area is 121 Å². The van der Waals surface area contributed by atoms with Gasteiger partial charge in [0.05, 0.1) is 5.56 Å². The zero-order valence-electron chi connectivity index (χ0n) is 11.2. The van der Waals surface area contributed by atoms with Crippen LogP contribution < -0.4 is 5.32 Å². The lowest BCUT2D eigenvalue weighted by atomic mass is 10.1. The number of carbonyl (C=O) groups excluding carboxylic acids is 1. The highest BCUT2D eigenvalue weighted by Gasteiger charge is 2.43. The summed E-state index contributed by atoms with van der Waals surface area (Å²) in [5.74, 6) is -0.493. The first-order valence-corrected chi connectivity index (χ1v) is 6.70. The van der Waals surface area contributed by atoms with Crippen molar-refractivity contribution in [2.75, 3.05) is 5.32 Å². The number of hydrogen-bond acceptors (Lipinski definition) is 3. The number of anilines is 1. The second-order valence-electron chi connectivity index (χ2n) is 5.09. The van der Waals surface area contributed by atoms with Crippen LogP contribution in [0.25, 0.3) is 0 Å². The van der Waals surface area contributed by atoms with Crippen LogP contribution in [0.1, 0.15) is 28.3 Å². The molecule has 0 spiro atoms. The Morgan fingerprint density at radius 3 is 2.52 bits per heavy atom. The van der Waals surface area contributed by atoms with Crippen LogP contribution in [0.3, 0.4) is 0 Å². The normalized spacial score (nSPS) is 19.8. The van der Waals surface area contributed by atoms with E-state index in [4.69, 9.17) is 5.11 Å². The minimum Gasteiger partial charge on any atom is -0.478 e. The molecule has 1 aromatic heterocycles. The first-order chi connectivity index (χ1) is 10.1. The van der Waals surface area contributed by atoms with Crippen LogP contribution in [-0.4, -0.2) is 22.0 Å². The summed E-state index contributed by atoms with van der Waals surface area (Å²) in [5, 5.41) is 11.5. The summed E-state index contributed by atoms with van der Waals surface area (Å²) in [5.41, 5.74) is 1.27. The molecule has 2 N–H and O–H groups in total. The van der Waals surface area contributed by atoms with Crippen LogP contribution in [-0.2, 0) is 4.79 Å². The number of nitrogens with one attached hydrogen (secondary N) is 1. The zero-order chi connectivity index (χ0) is 14.8. The first-order valence-electron chi connectivity index (χ1n) is 6.70. The molecule has 0 bridgehead atoms. The molecule has 1 heterocycles. The minimum atomic E-state index is -1.04. The topological polar surface area (TPSA) is 79.3 Å². The van der Waals surface area contributed by atoms with Crippen molar-refractivity contribution in [2.45, 2.75) is 12.3 Å². The molecule has 1 amide bonds. The van der Waals surface area contributed by atoms with Crippen LogP contribution >= 0.6 is 0 Å². The smallest absolute Gasteiger partial charge is 0.337 e. The first kappa shape index (κ1) is 13.3. The Morgan fingerprint density at radius 1 is 1.14 bits per heavy atom. The molecule has 3 rings (SSSR count). The van der Waals surface area contributed by atoms with E-state index in [0.717, 1.165) is 6.42 Å². The number of carboxylic acid groups (broad SMARTS) is 1. The van der Waals surface area contributed by atoms with E-state index in [9.17, 15) is 9.59 Å². The van der Waals surface area contributed by atoms with Crippen molar-refractivity contribution in [1.29, 1.82) is 0 Å². The Kier molecular flexibility index (Phi) is 3.39. The fraction of sp³-hybridized carbons (Fsp3) is 0.188. The van der Waals surface area contributed by atoms with Gasteiger partial charge in [-0.2, -0.15) is 0 Å². The van der Waals surface area contributed by atoms with Gasteiger partial charge in [-0.1, -0.05) is 30.3 Å². The number of carbonyl (C=O) groups is 2. The number of aromatic nitrogens is 1. The minimum absolute atomic E-state index is 0.0339. The van der Waals surface area contributed by atoms with Crippen LogP contribution in [0.5, 0.6) is 0 Å². The second-order valence-corrected chi connectivity index (χ2v) is 5.09. The molecule has 1 aliphatic rings. The fourth-order valence-electron chi connectivity index (χ4n) is 2.37. The molecule has 1 aliphatic carbocycles. The summed E-state index contributed by atoms with van der Waals surface area (Å²) in [7, 11) is 0. The summed E-state index contributed by atoms with van der Waals surface area (Å²) < 4.78 is 0. The van der Waals surface area contributed by atoms with E-state index in [1.165, 1.54) is 23.9 Å². The van der Waals surface area contributed by atoms with Gasteiger partial charge in [-0.05, 0) is 30.0 Å². The summed E-state index contributed by atoms with van der Waals surface area (Å²) in [6.07, 6.45) is 2.07. The van der Waals surface area contributed by atoms with E-state index in [0.29, 0.717) is 5.82 Å². The van der Waals surface area contributed by atoms with Gasteiger partial charge in [0.15, 0.2) is 0 Å². The second kappa shape index (κ2) is 5.36. The number of nitrogens with zero attached hydrogens (tertiary/aromatic N) is 1. The number of pyridine rings is 1. The average molecular weight is 282 g/mol. The molecule has 2 aromatic rings. The molecule has 0 radical (unpaired) electrons. The summed E-state index contributed by atoms with van der Waals surface area (Å²) in [4.78, 5) is 26.8. The van der Waals surface area contributed by atoms with E-state index in [-0.39, 0.29) is 23.3 Å². The molecule has 5 heteroatoms. The van der Waals surface area contributed by atoms with Crippen LogP contribution in [0.4, 0.5) is 5.82 Å². The van der Waals surface area contributed by atoms with Gasteiger partial charge >= 0.3 is 5.97 Å². The molecule has 0 aliphatic heterocycles. The lowest BCUT2D eigenvalue weighted by Gasteiger charge is -2.04. The molecule has 1 fully saturated rings. The highest BCUT2D eigenvalue weighted by atomic mass is 16.4. The van der Waals surface area contributed by atoms with Crippen LogP contribution in [0.15, 0.2) is 48.7 Å². The monoisotopic (exact) mass is 282 g/mol. The van der Waals surface area contributed by atoms with E-state index in [2.05, 4.69) is 10.3 Å². The summed E-state index contributed by atoms with van der Waals surface area (Å²) in [6.45, 7) is 0. The SMILES string of the molecule is O=C(O)c1ccc(NC(=O)C2CC2c2ccccc2)nc1. The largest absolute Gasteiger partial charge is 0.478 e. The predicted octanol–water partition coefficient (Wildman–Crippen LogP) is 2.52. The molecule has 106 valence electrons. The van der Waals surface area contributed by atoms with Crippen molar-refractivity contribution in [3.8, 4) is 0 Å². The Bertz CT molecular complexity index is 668. The van der Waals surface area contributed by atoms with Gasteiger partial charge in [0.1, 0.15) is 5.82 Å². The molecule has 5 nitrogen and oxygen atoms in total. The van der Waals surface area contributed by atoms with Crippen LogP contribution in [0, 0.1) is 5.92 Å². The lowest BCUT2D eigenvalue weighted by Crippen LogP contribution is -2.15. The highest BCUT2D eigenvalue weighted by molar-refractivity contribution is 5.95. The van der Waals surface area contributed by atoms with Gasteiger partial charge in [-0.15, -0.1) is 0 Å². The third kappa shape index (κ3) is 2.91. The number of benzene rings is 1. The average Bonchev–Trinajstić information content (AvgIpc) is 3.29. The van der Waals surface area contributed by atoms with Gasteiger partial charge in [-0.25, -0.2) is 9.78 Å². The van der Waals surface area contributed by atoms with Gasteiger partial charge in [0.25, 0.3) is 0 Å². The molecule has 21 heavy (non-hydrogen) atoms. The fourth-order valence-corrected chi connectivity index (χ4v) is 2.37. The van der Waals surface area contributed by atoms with Crippen molar-refractivity contribution in [3.63, 3.8) is 0 Å². The molecule has 1 aromatic carbocycles. The maximum absolute atomic E-state index is 12.1. The van der Waals surface area contributed by atoms with Crippen molar-refractivity contribution >= 4 is 17.7 Å². The summed E-state index contributed by atoms with van der Waals surface area (Å²) >= 11 is 0. The quantitative estimate of drug-likeness (QED) is 0.903. The highest BCUT2D eigenvalue weighted by Crippen LogP contribution is 2.47. The number of hydrogen-bond donors (Lipinski definition) is 2. The Balaban J connectivity index is 1.62. The Hall–Kier alpha value is -2.69. The molecule has 1 saturated carbocycles. The van der Waals surface area contributed by atoms with Gasteiger partial charge < -0.3 is 10.4 Å². The third-order valence-electron chi connectivity index (χ3n) is 3.62. The number of carboxylic acids is 1. The van der Waals surface area contributed by atoms with Crippen molar-refractivity contribution < 1.29 is 14.7 Å². The van der Waals surface area contributed by atoms with Crippen molar-refractivity contribution in [1.82, 2.24) is 4.98 Å². The van der Waals surface area contributed by atoms with E-state index in [1.54, 1.807) is 0 Å². The number of amides is 1. The maximum atomic E-state index is 12.1. The zero-order valence-corrected chi connectivity index (χ0v) is 11.2. The number of aromatic carboxylic acids is 1. The van der Waals surface area contributed by atoms with Gasteiger partial charge in [-0.3, -0.25) is 4.79 Å². The molecular weight excluding hydrogens is 268 g/mol. The van der Waals surface area contributed by atoms with Crippen LogP contribution in [0.2, 0.25) is 0 Å². The number of rotatable bonds is 4. The van der Waals surface area contributed by atoms with E-state index in [1.807, 2.05) is 30.3 Å². The standard InChI is InChI=1S/C16H14N2O3/c19-15(13-8-12(13)10-4-2-1-3-5-10)18-14-7-6-11(9-17-14)16(20)21/h1-7,9,12-13H,8H2,(H,20,21)(H,17,18,19). The van der Waals surface area contributed by atoms with Gasteiger partial charge in [0.2, 0.25) is 5.91 Å². The molecular formula is C16H14N2O3. The maximum Gasteiger partial charge on any atom is 0.337 e. The van der Waals surface area contributed by atoms with Crippen molar-refractivity contribution in [2.24, 2.45) is 5.92 Å². The van der Waals surface area contributed by atoms with Crippen molar-refractivity contribution in [3.05, 3.63) is 59.8 Å². The van der Waals surface area contributed by atoms with Gasteiger partial charge in [0, 0.05) is 12.1 Å². The summed E-state index contributed by atoms with van der Waals surface area (Å²) in [6, 6.07) is 12.9. The van der Waals surface area contributed by atoms with E-state index < -0.39 is 5.97 Å². The lowest BCUT2D eigenvalue weighted by molar-refractivity contribution is -0.117. The molecule has 2 unspecified atom stereocenters. The molecule has 0 saturated heterocycles. The van der Waals surface area contributed by atoms with E-state index >= 15 is 0 Å². The Morgan fingerprint density at radius 2 is 1.90 bits per heavy atom. The third-order valence-corrected chi connectivity index (χ3v) is 3.62. The predicted molar refractivity (Wildman–Crippen MR) is 77.1 cm³/mol. The molecule has 2 atom stereocenters.